The van der Waals surface area contributed by atoms with Crippen molar-refractivity contribution in [2.24, 2.45) is 11.8 Å². The van der Waals surface area contributed by atoms with Crippen LogP contribution in [0.2, 0.25) is 0 Å². The molecule has 1 saturated heterocycles. The lowest BCUT2D eigenvalue weighted by atomic mass is 9.96. The van der Waals surface area contributed by atoms with Crippen molar-refractivity contribution in [2.75, 3.05) is 11.5 Å². The van der Waals surface area contributed by atoms with Gasteiger partial charge in [0.15, 0.2) is 0 Å². The highest BCUT2D eigenvalue weighted by Crippen LogP contribution is 2.27. The lowest BCUT2D eigenvalue weighted by Gasteiger charge is -2.04. The summed E-state index contributed by atoms with van der Waals surface area (Å²) in [6.45, 7) is 5.74. The van der Waals surface area contributed by atoms with Gasteiger partial charge in [0.2, 0.25) is 0 Å². The molecule has 0 bridgehead atoms. The van der Waals surface area contributed by atoms with E-state index < -0.39 is 11.2 Å². The van der Waals surface area contributed by atoms with Crippen LogP contribution in [-0.4, -0.2) is 16.1 Å². The van der Waals surface area contributed by atoms with Crippen molar-refractivity contribution in [3.63, 3.8) is 0 Å². The Bertz CT molecular complexity index is 165. The molecule has 3 atom stereocenters. The maximum absolute atomic E-state index is 11.1. The second kappa shape index (κ2) is 3.98. The maximum atomic E-state index is 11.1. The maximum Gasteiger partial charge on any atom is 0.112 e. The molecule has 0 spiro atoms. The molecule has 0 aromatic rings. The largest absolute Gasteiger partial charge is 0.616 e. The lowest BCUT2D eigenvalue weighted by molar-refractivity contribution is 0.600. The van der Waals surface area contributed by atoms with E-state index >= 15 is 0 Å². The van der Waals surface area contributed by atoms with Gasteiger partial charge >= 0.3 is 0 Å². The minimum absolute atomic E-state index is 0.437. The average Bonchev–Trinajstić information content (AvgIpc) is 2.32. The minimum atomic E-state index is -0.607. The van der Waals surface area contributed by atoms with Crippen LogP contribution in [0.15, 0.2) is 24.8 Å². The van der Waals surface area contributed by atoms with Gasteiger partial charge in [0, 0.05) is 11.8 Å². The van der Waals surface area contributed by atoms with Gasteiger partial charge in [0.25, 0.3) is 0 Å². The van der Waals surface area contributed by atoms with Crippen molar-refractivity contribution in [3.05, 3.63) is 24.8 Å². The predicted molar refractivity (Wildman–Crippen MR) is 49.9 cm³/mol. The summed E-state index contributed by atoms with van der Waals surface area (Å²) in [5.74, 6) is 2.53. The molecule has 1 fully saturated rings. The molecule has 3 unspecified atom stereocenters. The van der Waals surface area contributed by atoms with Gasteiger partial charge in [0.05, 0.1) is 0 Å². The monoisotopic (exact) mass is 170 g/mol. The van der Waals surface area contributed by atoms with Crippen molar-refractivity contribution >= 4 is 11.2 Å². The Labute approximate surface area is 71.4 Å². The van der Waals surface area contributed by atoms with E-state index in [1.165, 1.54) is 0 Å². The van der Waals surface area contributed by atoms with Crippen LogP contribution in [0.3, 0.4) is 0 Å². The summed E-state index contributed by atoms with van der Waals surface area (Å²) in [6, 6.07) is 0. The van der Waals surface area contributed by atoms with E-state index in [0.29, 0.717) is 11.8 Å². The SMILES string of the molecule is C=CC1C[S+]([O-])CC1/C=C\C. The molecule has 1 rings (SSSR count). The van der Waals surface area contributed by atoms with Crippen LogP contribution in [0, 0.1) is 11.8 Å². The zero-order valence-corrected chi connectivity index (χ0v) is 7.64. The lowest BCUT2D eigenvalue weighted by Crippen LogP contribution is -2.05. The van der Waals surface area contributed by atoms with Crippen LogP contribution in [0.5, 0.6) is 0 Å². The molecular weight excluding hydrogens is 156 g/mol. The molecule has 0 aliphatic carbocycles. The van der Waals surface area contributed by atoms with E-state index in [1.807, 2.05) is 19.1 Å². The molecule has 0 radical (unpaired) electrons. The second-order valence-corrected chi connectivity index (χ2v) is 4.41. The zero-order chi connectivity index (χ0) is 8.27. The fraction of sp³-hybridized carbons (Fsp3) is 0.556. The fourth-order valence-corrected chi connectivity index (χ4v) is 3.17. The average molecular weight is 170 g/mol. The van der Waals surface area contributed by atoms with Gasteiger partial charge in [-0.05, 0) is 6.92 Å². The van der Waals surface area contributed by atoms with Crippen molar-refractivity contribution in [1.82, 2.24) is 0 Å². The summed E-state index contributed by atoms with van der Waals surface area (Å²) in [6.07, 6.45) is 6.09. The van der Waals surface area contributed by atoms with E-state index in [0.717, 1.165) is 11.5 Å². The van der Waals surface area contributed by atoms with Gasteiger partial charge in [-0.15, -0.1) is 6.58 Å². The van der Waals surface area contributed by atoms with Crippen LogP contribution in [0.25, 0.3) is 0 Å². The van der Waals surface area contributed by atoms with Gasteiger partial charge in [-0.3, -0.25) is 0 Å². The van der Waals surface area contributed by atoms with Crippen LogP contribution < -0.4 is 0 Å². The van der Waals surface area contributed by atoms with Gasteiger partial charge in [-0.1, -0.05) is 29.4 Å². The van der Waals surface area contributed by atoms with Crippen molar-refractivity contribution in [1.29, 1.82) is 0 Å². The van der Waals surface area contributed by atoms with E-state index in [1.54, 1.807) is 0 Å². The predicted octanol–water partition coefficient (Wildman–Crippen LogP) is 1.74. The molecule has 62 valence electrons. The molecule has 0 saturated carbocycles. The Morgan fingerprint density at radius 1 is 1.45 bits per heavy atom. The quantitative estimate of drug-likeness (QED) is 0.457. The third-order valence-corrected chi connectivity index (χ3v) is 3.56. The molecule has 2 heteroatoms. The Morgan fingerprint density at radius 3 is 2.64 bits per heavy atom. The summed E-state index contributed by atoms with van der Waals surface area (Å²) < 4.78 is 11.1. The van der Waals surface area contributed by atoms with Crippen LogP contribution in [0.1, 0.15) is 6.92 Å². The van der Waals surface area contributed by atoms with Crippen molar-refractivity contribution in [2.45, 2.75) is 6.92 Å². The highest BCUT2D eigenvalue weighted by molar-refractivity contribution is 7.91. The Kier molecular flexibility index (Phi) is 3.21. The Hall–Kier alpha value is -0.210. The molecule has 1 aliphatic heterocycles. The summed E-state index contributed by atoms with van der Waals surface area (Å²) in [5.41, 5.74) is 0. The first-order valence-electron chi connectivity index (χ1n) is 3.88. The number of hydrogen-bond donors (Lipinski definition) is 0. The summed E-state index contributed by atoms with van der Waals surface area (Å²) >= 11 is -0.607. The molecule has 1 heterocycles. The number of rotatable bonds is 2. The molecule has 0 aromatic heterocycles. The standard InChI is InChI=1S/C9H14OS/c1-3-5-9-7-11(10)6-8(9)4-2/h3-5,8-9H,2,6-7H2,1H3/b5-3-. The normalized spacial score (nSPS) is 38.2. The second-order valence-electron chi connectivity index (χ2n) is 2.86. The van der Waals surface area contributed by atoms with Crippen LogP contribution in [0.4, 0.5) is 0 Å². The molecule has 0 aromatic carbocycles. The summed E-state index contributed by atoms with van der Waals surface area (Å²) in [7, 11) is 0. The molecule has 0 N–H and O–H groups in total. The first kappa shape index (κ1) is 8.88. The van der Waals surface area contributed by atoms with Gasteiger partial charge in [-0.25, -0.2) is 0 Å². The van der Waals surface area contributed by atoms with E-state index in [-0.39, 0.29) is 0 Å². The highest BCUT2D eigenvalue weighted by Gasteiger charge is 2.32. The molecule has 0 amide bonds. The highest BCUT2D eigenvalue weighted by atomic mass is 32.2. The number of allylic oxidation sites excluding steroid dienone is 3. The van der Waals surface area contributed by atoms with Crippen molar-refractivity contribution in [3.8, 4) is 0 Å². The van der Waals surface area contributed by atoms with Gasteiger partial charge in [-0.2, -0.15) is 0 Å². The third-order valence-electron chi connectivity index (χ3n) is 2.05. The minimum Gasteiger partial charge on any atom is -0.616 e. The first-order chi connectivity index (χ1) is 5.27. The molecular formula is C9H14OS. The first-order valence-corrected chi connectivity index (χ1v) is 5.37. The topological polar surface area (TPSA) is 23.1 Å². The van der Waals surface area contributed by atoms with Crippen LogP contribution >= 0.6 is 0 Å². The van der Waals surface area contributed by atoms with E-state index in [4.69, 9.17) is 0 Å². The molecule has 1 aliphatic rings. The van der Waals surface area contributed by atoms with Gasteiger partial charge in [0.1, 0.15) is 11.5 Å². The zero-order valence-electron chi connectivity index (χ0n) is 6.82. The van der Waals surface area contributed by atoms with E-state index in [9.17, 15) is 4.55 Å². The summed E-state index contributed by atoms with van der Waals surface area (Å²) in [5, 5.41) is 0. The van der Waals surface area contributed by atoms with Crippen LogP contribution in [-0.2, 0) is 11.2 Å². The Morgan fingerprint density at radius 2 is 2.09 bits per heavy atom. The molecule has 11 heavy (non-hydrogen) atoms. The fourth-order valence-electron chi connectivity index (χ4n) is 1.43. The van der Waals surface area contributed by atoms with E-state index in [2.05, 4.69) is 12.7 Å². The smallest absolute Gasteiger partial charge is 0.112 e. The Balaban J connectivity index is 2.56. The van der Waals surface area contributed by atoms with Gasteiger partial charge < -0.3 is 4.55 Å². The molecule has 1 nitrogen and oxygen atoms in total. The number of hydrogen-bond acceptors (Lipinski definition) is 1. The summed E-state index contributed by atoms with van der Waals surface area (Å²) in [4.78, 5) is 0. The van der Waals surface area contributed by atoms with Crippen molar-refractivity contribution < 1.29 is 4.55 Å². The third kappa shape index (κ3) is 2.11.